The van der Waals surface area contributed by atoms with E-state index < -0.39 is 0 Å². The van der Waals surface area contributed by atoms with Crippen LogP contribution in [0.25, 0.3) is 0 Å². The van der Waals surface area contributed by atoms with Crippen LogP contribution in [-0.4, -0.2) is 6.21 Å². The topological polar surface area (TPSA) is 15.6 Å². The van der Waals surface area contributed by atoms with Gasteiger partial charge in [0.25, 0.3) is 0 Å². The van der Waals surface area contributed by atoms with Gasteiger partial charge in [0.15, 0.2) is 0 Å². The van der Waals surface area contributed by atoms with E-state index in [0.29, 0.717) is 0 Å². The van der Waals surface area contributed by atoms with Crippen LogP contribution in [0.2, 0.25) is 0 Å². The van der Waals surface area contributed by atoms with Crippen molar-refractivity contribution in [3.63, 3.8) is 0 Å². The maximum Gasteiger partial charge on any atom is 0.0630 e. The average Bonchev–Trinajstić information content (AvgIpc) is 2.80. The van der Waals surface area contributed by atoms with Crippen molar-refractivity contribution in [3.05, 3.63) is 120 Å². The molecule has 142 valence electrons. The van der Waals surface area contributed by atoms with Gasteiger partial charge in [0.2, 0.25) is 0 Å². The molecule has 0 aliphatic rings. The fraction of sp³-hybridized carbons (Fsp3) is 0.0741. The average molecular weight is 377 g/mol. The van der Waals surface area contributed by atoms with Crippen molar-refractivity contribution >= 4 is 29.0 Å². The highest BCUT2D eigenvalue weighted by atomic mass is 15.1. The Balaban J connectivity index is 1.59. The zero-order chi connectivity index (χ0) is 19.9. The number of benzene rings is 4. The van der Waals surface area contributed by atoms with Crippen LogP contribution >= 0.6 is 0 Å². The highest BCUT2D eigenvalue weighted by Crippen LogP contribution is 2.33. The highest BCUT2D eigenvalue weighted by Gasteiger charge is 2.11. The van der Waals surface area contributed by atoms with Crippen LogP contribution in [0.1, 0.15) is 18.1 Å². The molecule has 0 aromatic heterocycles. The van der Waals surface area contributed by atoms with Crippen molar-refractivity contribution in [2.45, 2.75) is 13.3 Å². The van der Waals surface area contributed by atoms with Crippen molar-refractivity contribution in [2.24, 2.45) is 4.99 Å². The lowest BCUT2D eigenvalue weighted by molar-refractivity contribution is 1.14. The van der Waals surface area contributed by atoms with Crippen molar-refractivity contribution < 1.29 is 0 Å². The van der Waals surface area contributed by atoms with E-state index in [1.165, 1.54) is 5.56 Å². The van der Waals surface area contributed by atoms with E-state index in [4.69, 9.17) is 0 Å². The maximum atomic E-state index is 4.60. The van der Waals surface area contributed by atoms with E-state index >= 15 is 0 Å². The first-order valence-corrected chi connectivity index (χ1v) is 9.97. The third-order valence-corrected chi connectivity index (χ3v) is 4.89. The number of aliphatic imine (C=N–C) groups is 1. The predicted octanol–water partition coefficient (Wildman–Crippen LogP) is 7.47. The zero-order valence-corrected chi connectivity index (χ0v) is 16.6. The number of hydrogen-bond donors (Lipinski definition) is 0. The van der Waals surface area contributed by atoms with Crippen LogP contribution < -0.4 is 4.90 Å². The molecule has 2 heteroatoms. The van der Waals surface area contributed by atoms with Crippen molar-refractivity contribution in [3.8, 4) is 0 Å². The highest BCUT2D eigenvalue weighted by molar-refractivity contribution is 5.84. The molecule has 0 radical (unpaired) electrons. The van der Waals surface area contributed by atoms with Gasteiger partial charge in [-0.25, -0.2) is 0 Å². The maximum absolute atomic E-state index is 4.60. The minimum Gasteiger partial charge on any atom is -0.311 e. The van der Waals surface area contributed by atoms with E-state index in [-0.39, 0.29) is 0 Å². The molecule has 4 rings (SSSR count). The second kappa shape index (κ2) is 9.03. The Morgan fingerprint density at radius 2 is 1.14 bits per heavy atom. The summed E-state index contributed by atoms with van der Waals surface area (Å²) in [6, 6.07) is 37.7. The Labute approximate surface area is 172 Å². The molecule has 0 heterocycles. The van der Waals surface area contributed by atoms with Crippen molar-refractivity contribution in [1.29, 1.82) is 0 Å². The molecule has 4 aromatic carbocycles. The van der Waals surface area contributed by atoms with Crippen molar-refractivity contribution in [2.75, 3.05) is 4.90 Å². The van der Waals surface area contributed by atoms with E-state index in [2.05, 4.69) is 114 Å². The number of anilines is 3. The Bertz CT molecular complexity index is 1010. The molecule has 0 fully saturated rings. The van der Waals surface area contributed by atoms with Crippen LogP contribution in [0.3, 0.4) is 0 Å². The molecule has 0 saturated heterocycles. The largest absolute Gasteiger partial charge is 0.311 e. The summed E-state index contributed by atoms with van der Waals surface area (Å²) >= 11 is 0. The molecule has 2 nitrogen and oxygen atoms in total. The minimum atomic E-state index is 0.974. The lowest BCUT2D eigenvalue weighted by atomic mass is 10.1. The molecule has 0 aliphatic heterocycles. The van der Waals surface area contributed by atoms with Crippen LogP contribution in [0.5, 0.6) is 0 Å². The van der Waals surface area contributed by atoms with Gasteiger partial charge in [-0.15, -0.1) is 0 Å². The summed E-state index contributed by atoms with van der Waals surface area (Å²) in [5.74, 6) is 0. The third kappa shape index (κ3) is 4.61. The molecule has 29 heavy (non-hydrogen) atoms. The quantitative estimate of drug-likeness (QED) is 0.319. The molecule has 0 saturated carbocycles. The smallest absolute Gasteiger partial charge is 0.0630 e. The molecule has 4 aromatic rings. The summed E-state index contributed by atoms with van der Waals surface area (Å²) in [4.78, 5) is 6.86. The molecular formula is C27H24N2. The monoisotopic (exact) mass is 376 g/mol. The molecule has 0 N–H and O–H groups in total. The fourth-order valence-corrected chi connectivity index (χ4v) is 3.28. The van der Waals surface area contributed by atoms with Gasteiger partial charge in [-0.05, 0) is 66.1 Å². The molecule has 0 unspecified atom stereocenters. The predicted molar refractivity (Wildman–Crippen MR) is 124 cm³/mol. The number of aryl methyl sites for hydroxylation is 1. The van der Waals surface area contributed by atoms with Gasteiger partial charge < -0.3 is 4.90 Å². The molecule has 0 atom stereocenters. The Morgan fingerprint density at radius 1 is 0.621 bits per heavy atom. The summed E-state index contributed by atoms with van der Waals surface area (Å²) in [7, 11) is 0. The SMILES string of the molecule is CCc1ccc(N=Cc2ccc(N(c3ccccc3)c3ccccc3)cc2)cc1. The first kappa shape index (κ1) is 18.7. The second-order valence-electron chi connectivity index (χ2n) is 6.88. The fourth-order valence-electron chi connectivity index (χ4n) is 3.28. The van der Waals surface area contributed by atoms with Crippen LogP contribution in [0.15, 0.2) is 114 Å². The van der Waals surface area contributed by atoms with Gasteiger partial charge in [0, 0.05) is 23.3 Å². The first-order chi connectivity index (χ1) is 14.3. The second-order valence-corrected chi connectivity index (χ2v) is 6.88. The first-order valence-electron chi connectivity index (χ1n) is 9.97. The summed E-state index contributed by atoms with van der Waals surface area (Å²) in [5, 5.41) is 0. The Kier molecular flexibility index (Phi) is 5.82. The van der Waals surface area contributed by atoms with Gasteiger partial charge in [0.05, 0.1) is 5.69 Å². The third-order valence-electron chi connectivity index (χ3n) is 4.89. The summed E-state index contributed by atoms with van der Waals surface area (Å²) in [5.41, 5.74) is 6.77. The molecule has 0 amide bonds. The molecule has 0 spiro atoms. The molecular weight excluding hydrogens is 352 g/mol. The number of rotatable bonds is 6. The zero-order valence-electron chi connectivity index (χ0n) is 16.6. The molecule has 0 aliphatic carbocycles. The number of para-hydroxylation sites is 2. The Hall–Kier alpha value is -3.65. The van der Waals surface area contributed by atoms with Gasteiger partial charge >= 0.3 is 0 Å². The lowest BCUT2D eigenvalue weighted by Gasteiger charge is -2.25. The van der Waals surface area contributed by atoms with E-state index in [0.717, 1.165) is 34.7 Å². The molecule has 0 bridgehead atoms. The van der Waals surface area contributed by atoms with Gasteiger partial charge in [-0.1, -0.05) is 67.6 Å². The van der Waals surface area contributed by atoms with E-state index in [1.54, 1.807) is 0 Å². The van der Waals surface area contributed by atoms with Gasteiger partial charge in [0.1, 0.15) is 0 Å². The standard InChI is InChI=1S/C27H24N2/c1-2-22-13-17-24(18-14-22)28-21-23-15-19-27(20-16-23)29(25-9-5-3-6-10-25)26-11-7-4-8-12-26/h3-21H,2H2,1H3. The Morgan fingerprint density at radius 3 is 1.66 bits per heavy atom. The normalized spacial score (nSPS) is 10.9. The van der Waals surface area contributed by atoms with Gasteiger partial charge in [-0.3, -0.25) is 4.99 Å². The van der Waals surface area contributed by atoms with Crippen LogP contribution in [0.4, 0.5) is 22.7 Å². The summed E-state index contributed by atoms with van der Waals surface area (Å²) in [6.07, 6.45) is 2.96. The van der Waals surface area contributed by atoms with E-state index in [1.807, 2.05) is 18.3 Å². The lowest BCUT2D eigenvalue weighted by Crippen LogP contribution is -2.09. The van der Waals surface area contributed by atoms with Crippen molar-refractivity contribution in [1.82, 2.24) is 0 Å². The number of nitrogens with zero attached hydrogens (tertiary/aromatic N) is 2. The summed E-state index contributed by atoms with van der Waals surface area (Å²) < 4.78 is 0. The van der Waals surface area contributed by atoms with Crippen LogP contribution in [-0.2, 0) is 6.42 Å². The summed E-state index contributed by atoms with van der Waals surface area (Å²) in [6.45, 7) is 2.16. The van der Waals surface area contributed by atoms with Crippen LogP contribution in [0, 0.1) is 0 Å². The van der Waals surface area contributed by atoms with Gasteiger partial charge in [-0.2, -0.15) is 0 Å². The van der Waals surface area contributed by atoms with E-state index in [9.17, 15) is 0 Å². The number of hydrogen-bond acceptors (Lipinski definition) is 2. The minimum absolute atomic E-state index is 0.974.